The molecular formula is C14H20FN. The zero-order valence-corrected chi connectivity index (χ0v) is 10.1. The summed E-state index contributed by atoms with van der Waals surface area (Å²) in [4.78, 5) is 0. The van der Waals surface area contributed by atoms with E-state index in [9.17, 15) is 4.39 Å². The summed E-state index contributed by atoms with van der Waals surface area (Å²) in [6, 6.07) is 7.52. The van der Waals surface area contributed by atoms with Crippen molar-refractivity contribution in [2.75, 3.05) is 0 Å². The van der Waals surface area contributed by atoms with Crippen LogP contribution in [0.15, 0.2) is 24.3 Å². The molecule has 0 spiro atoms. The topological polar surface area (TPSA) is 12.0 Å². The van der Waals surface area contributed by atoms with Crippen LogP contribution < -0.4 is 5.32 Å². The van der Waals surface area contributed by atoms with Crippen molar-refractivity contribution < 1.29 is 4.39 Å². The van der Waals surface area contributed by atoms with Crippen molar-refractivity contribution in [2.24, 2.45) is 0 Å². The molecule has 1 nitrogen and oxygen atoms in total. The van der Waals surface area contributed by atoms with Gasteiger partial charge in [-0.25, -0.2) is 4.39 Å². The van der Waals surface area contributed by atoms with E-state index in [0.29, 0.717) is 6.04 Å². The third kappa shape index (κ3) is 2.43. The maximum atomic E-state index is 13.2. The molecule has 1 aromatic rings. The first-order chi connectivity index (χ1) is 7.66. The molecule has 1 atom stereocenters. The molecule has 1 fully saturated rings. The Morgan fingerprint density at radius 1 is 1.44 bits per heavy atom. The molecule has 0 aliphatic heterocycles. The second-order valence-electron chi connectivity index (χ2n) is 4.93. The highest BCUT2D eigenvalue weighted by Gasteiger charge is 2.44. The molecule has 1 aliphatic rings. The van der Waals surface area contributed by atoms with Crippen molar-refractivity contribution in [2.45, 2.75) is 51.1 Å². The van der Waals surface area contributed by atoms with Gasteiger partial charge in [-0.1, -0.05) is 25.5 Å². The molecule has 16 heavy (non-hydrogen) atoms. The van der Waals surface area contributed by atoms with E-state index in [1.807, 2.05) is 6.07 Å². The van der Waals surface area contributed by atoms with Gasteiger partial charge in [0.2, 0.25) is 0 Å². The van der Waals surface area contributed by atoms with Crippen LogP contribution in [0.2, 0.25) is 0 Å². The second-order valence-corrected chi connectivity index (χ2v) is 4.93. The smallest absolute Gasteiger partial charge is 0.123 e. The van der Waals surface area contributed by atoms with Gasteiger partial charge in [0.15, 0.2) is 0 Å². The standard InChI is InChI=1S/C14H20FN/c1-3-5-11(2)16-14(8-9-14)12-6-4-7-13(15)10-12/h4,6-7,10-11,16H,3,5,8-9H2,1-2H3. The molecule has 1 aliphatic carbocycles. The van der Waals surface area contributed by atoms with Gasteiger partial charge in [-0.15, -0.1) is 0 Å². The van der Waals surface area contributed by atoms with Crippen molar-refractivity contribution in [1.82, 2.24) is 5.32 Å². The first-order valence-corrected chi connectivity index (χ1v) is 6.20. The van der Waals surface area contributed by atoms with E-state index >= 15 is 0 Å². The lowest BCUT2D eigenvalue weighted by atomic mass is 10.0. The quantitative estimate of drug-likeness (QED) is 0.801. The minimum Gasteiger partial charge on any atom is -0.305 e. The van der Waals surface area contributed by atoms with Crippen molar-refractivity contribution >= 4 is 0 Å². The lowest BCUT2D eigenvalue weighted by Gasteiger charge is -2.23. The van der Waals surface area contributed by atoms with E-state index in [1.54, 1.807) is 12.1 Å². The summed E-state index contributed by atoms with van der Waals surface area (Å²) in [6.45, 7) is 4.41. The first kappa shape index (κ1) is 11.6. The normalized spacial score (nSPS) is 19.4. The van der Waals surface area contributed by atoms with Crippen molar-refractivity contribution in [3.63, 3.8) is 0 Å². The van der Waals surface area contributed by atoms with Crippen molar-refractivity contribution in [3.05, 3.63) is 35.6 Å². The number of benzene rings is 1. The highest BCUT2D eigenvalue weighted by atomic mass is 19.1. The molecule has 88 valence electrons. The molecular weight excluding hydrogens is 201 g/mol. The summed E-state index contributed by atoms with van der Waals surface area (Å²) >= 11 is 0. The Bertz CT molecular complexity index is 358. The zero-order chi connectivity index (χ0) is 11.6. The van der Waals surface area contributed by atoms with E-state index in [4.69, 9.17) is 0 Å². The fraction of sp³-hybridized carbons (Fsp3) is 0.571. The fourth-order valence-electron chi connectivity index (χ4n) is 2.40. The summed E-state index contributed by atoms with van der Waals surface area (Å²) in [7, 11) is 0. The van der Waals surface area contributed by atoms with Crippen LogP contribution in [0.4, 0.5) is 4.39 Å². The maximum Gasteiger partial charge on any atom is 0.123 e. The number of rotatable bonds is 5. The molecule has 2 heteroatoms. The fourth-order valence-corrected chi connectivity index (χ4v) is 2.40. The minimum absolute atomic E-state index is 0.0662. The van der Waals surface area contributed by atoms with Crippen LogP contribution in [0.25, 0.3) is 0 Å². The molecule has 0 amide bonds. The van der Waals surface area contributed by atoms with Crippen LogP contribution in [0, 0.1) is 5.82 Å². The molecule has 0 radical (unpaired) electrons. The Balaban J connectivity index is 2.08. The summed E-state index contributed by atoms with van der Waals surface area (Å²) in [5, 5.41) is 3.65. The van der Waals surface area contributed by atoms with Crippen LogP contribution in [-0.4, -0.2) is 6.04 Å². The monoisotopic (exact) mass is 221 g/mol. The van der Waals surface area contributed by atoms with Gasteiger partial charge >= 0.3 is 0 Å². The maximum absolute atomic E-state index is 13.2. The highest BCUT2D eigenvalue weighted by Crippen LogP contribution is 2.46. The number of nitrogens with one attached hydrogen (secondary N) is 1. The Labute approximate surface area is 97.1 Å². The van der Waals surface area contributed by atoms with Crippen LogP contribution in [-0.2, 0) is 5.54 Å². The van der Waals surface area contributed by atoms with E-state index in [1.165, 1.54) is 18.9 Å². The number of halogens is 1. The van der Waals surface area contributed by atoms with Gasteiger partial charge in [0, 0.05) is 11.6 Å². The Morgan fingerprint density at radius 3 is 2.75 bits per heavy atom. The average molecular weight is 221 g/mol. The van der Waals surface area contributed by atoms with Crippen LogP contribution >= 0.6 is 0 Å². The predicted octanol–water partition coefficient (Wildman–Crippen LogP) is 3.59. The van der Waals surface area contributed by atoms with Crippen molar-refractivity contribution in [1.29, 1.82) is 0 Å². The molecule has 1 saturated carbocycles. The van der Waals surface area contributed by atoms with Gasteiger partial charge in [-0.05, 0) is 43.9 Å². The Hall–Kier alpha value is -0.890. The lowest BCUT2D eigenvalue weighted by Crippen LogP contribution is -2.36. The Kier molecular flexibility index (Phi) is 3.29. The third-order valence-corrected chi connectivity index (χ3v) is 3.37. The molecule has 1 N–H and O–H groups in total. The number of hydrogen-bond acceptors (Lipinski definition) is 1. The Morgan fingerprint density at radius 2 is 2.19 bits per heavy atom. The van der Waals surface area contributed by atoms with Gasteiger partial charge in [-0.2, -0.15) is 0 Å². The summed E-state index contributed by atoms with van der Waals surface area (Å²) in [5.74, 6) is -0.131. The minimum atomic E-state index is -0.131. The average Bonchev–Trinajstić information content (AvgIpc) is 2.99. The van der Waals surface area contributed by atoms with Crippen LogP contribution in [0.1, 0.15) is 45.1 Å². The molecule has 0 saturated heterocycles. The van der Waals surface area contributed by atoms with Crippen LogP contribution in [0.3, 0.4) is 0 Å². The van der Waals surface area contributed by atoms with E-state index in [2.05, 4.69) is 19.2 Å². The second kappa shape index (κ2) is 4.54. The molecule has 1 aromatic carbocycles. The summed E-state index contributed by atoms with van der Waals surface area (Å²) in [6.07, 6.45) is 4.62. The van der Waals surface area contributed by atoms with E-state index in [0.717, 1.165) is 18.4 Å². The van der Waals surface area contributed by atoms with Gasteiger partial charge < -0.3 is 5.32 Å². The predicted molar refractivity (Wildman–Crippen MR) is 64.8 cm³/mol. The molecule has 0 heterocycles. The van der Waals surface area contributed by atoms with E-state index < -0.39 is 0 Å². The summed E-state index contributed by atoms with van der Waals surface area (Å²) in [5.41, 5.74) is 1.17. The molecule has 0 bridgehead atoms. The lowest BCUT2D eigenvalue weighted by molar-refractivity contribution is 0.416. The van der Waals surface area contributed by atoms with Crippen molar-refractivity contribution in [3.8, 4) is 0 Å². The van der Waals surface area contributed by atoms with Gasteiger partial charge in [0.05, 0.1) is 0 Å². The number of hydrogen-bond donors (Lipinski definition) is 1. The molecule has 2 rings (SSSR count). The van der Waals surface area contributed by atoms with E-state index in [-0.39, 0.29) is 11.4 Å². The van der Waals surface area contributed by atoms with Gasteiger partial charge in [-0.3, -0.25) is 0 Å². The first-order valence-electron chi connectivity index (χ1n) is 6.20. The van der Waals surface area contributed by atoms with Gasteiger partial charge in [0.25, 0.3) is 0 Å². The van der Waals surface area contributed by atoms with Gasteiger partial charge in [0.1, 0.15) is 5.82 Å². The largest absolute Gasteiger partial charge is 0.305 e. The third-order valence-electron chi connectivity index (χ3n) is 3.37. The molecule has 0 aromatic heterocycles. The summed E-state index contributed by atoms with van der Waals surface area (Å²) < 4.78 is 13.2. The van der Waals surface area contributed by atoms with Crippen LogP contribution in [0.5, 0.6) is 0 Å². The molecule has 1 unspecified atom stereocenters. The highest BCUT2D eigenvalue weighted by molar-refractivity contribution is 5.30. The SMILES string of the molecule is CCCC(C)NC1(c2cccc(F)c2)CC1. The zero-order valence-electron chi connectivity index (χ0n) is 10.1.